The molecule has 0 radical (unpaired) electrons. The van der Waals surface area contributed by atoms with Crippen LogP contribution in [0.15, 0.2) is 66.4 Å². The van der Waals surface area contributed by atoms with Crippen LogP contribution in [0.1, 0.15) is 15.9 Å². The summed E-state index contributed by atoms with van der Waals surface area (Å²) in [6, 6.07) is 16.7. The van der Waals surface area contributed by atoms with E-state index in [1.807, 2.05) is 0 Å². The van der Waals surface area contributed by atoms with Gasteiger partial charge in [-0.05, 0) is 48.0 Å². The molecule has 0 fully saturated rings. The molecular formula is C25H21ClN2O6. The molecule has 9 heteroatoms. The van der Waals surface area contributed by atoms with Gasteiger partial charge in [0.15, 0.2) is 11.5 Å². The van der Waals surface area contributed by atoms with Gasteiger partial charge in [0, 0.05) is 6.07 Å². The largest absolute Gasteiger partial charge is 0.497 e. The monoisotopic (exact) mass is 480 g/mol. The van der Waals surface area contributed by atoms with Crippen molar-refractivity contribution < 1.29 is 28.5 Å². The molecule has 1 heterocycles. The van der Waals surface area contributed by atoms with Gasteiger partial charge >= 0.3 is 0 Å². The summed E-state index contributed by atoms with van der Waals surface area (Å²) >= 11 is 6.16. The second-order valence-corrected chi connectivity index (χ2v) is 7.53. The molecule has 0 aromatic heterocycles. The molecule has 0 unspecified atom stereocenters. The lowest BCUT2D eigenvalue weighted by molar-refractivity contribution is -0.113. The lowest BCUT2D eigenvalue weighted by Crippen LogP contribution is -2.31. The van der Waals surface area contributed by atoms with Crippen LogP contribution in [-0.2, 0) is 4.79 Å². The van der Waals surface area contributed by atoms with Crippen LogP contribution in [0, 0.1) is 0 Å². The predicted octanol–water partition coefficient (Wildman–Crippen LogP) is 4.50. The quantitative estimate of drug-likeness (QED) is 0.484. The van der Waals surface area contributed by atoms with E-state index >= 15 is 0 Å². The van der Waals surface area contributed by atoms with Crippen LogP contribution in [-0.4, -0.2) is 32.8 Å². The van der Waals surface area contributed by atoms with E-state index in [4.69, 9.17) is 30.5 Å². The second kappa shape index (κ2) is 10.2. The minimum Gasteiger partial charge on any atom is -0.497 e. The summed E-state index contributed by atoms with van der Waals surface area (Å²) in [4.78, 5) is 26.2. The smallest absolute Gasteiger partial charge is 0.272 e. The third kappa shape index (κ3) is 5.07. The van der Waals surface area contributed by atoms with Crippen molar-refractivity contribution in [2.45, 2.75) is 0 Å². The standard InChI is InChI=1S/C25H21ClN2O6/c1-31-16-8-9-19(22(13-16)32-2)27-25(30)20(28-24(29)17-5-3-4-6-18(17)26)11-15-7-10-21-23(12-15)34-14-33-21/h3-13H,14H2,1-2H3,(H,27,30)(H,28,29). The third-order valence-corrected chi connectivity index (χ3v) is 5.31. The Kier molecular flexibility index (Phi) is 6.89. The lowest BCUT2D eigenvalue weighted by atomic mass is 10.1. The van der Waals surface area contributed by atoms with Crippen molar-refractivity contribution in [2.24, 2.45) is 0 Å². The van der Waals surface area contributed by atoms with Crippen LogP contribution in [0.4, 0.5) is 5.69 Å². The summed E-state index contributed by atoms with van der Waals surface area (Å²) in [7, 11) is 3.01. The number of anilines is 1. The van der Waals surface area contributed by atoms with Gasteiger partial charge in [-0.3, -0.25) is 9.59 Å². The van der Waals surface area contributed by atoms with Crippen LogP contribution in [0.25, 0.3) is 6.08 Å². The van der Waals surface area contributed by atoms with E-state index in [0.29, 0.717) is 34.2 Å². The molecule has 3 aromatic rings. The maximum atomic E-state index is 13.3. The molecule has 1 aliphatic heterocycles. The summed E-state index contributed by atoms with van der Waals surface area (Å²) in [5.41, 5.74) is 1.24. The van der Waals surface area contributed by atoms with Crippen molar-refractivity contribution in [2.75, 3.05) is 26.3 Å². The molecule has 1 aliphatic rings. The van der Waals surface area contributed by atoms with Gasteiger partial charge in [0.2, 0.25) is 6.79 Å². The zero-order valence-corrected chi connectivity index (χ0v) is 19.1. The molecule has 0 atom stereocenters. The van der Waals surface area contributed by atoms with Gasteiger partial charge in [0.1, 0.15) is 17.2 Å². The number of carbonyl (C=O) groups excluding carboxylic acids is 2. The van der Waals surface area contributed by atoms with E-state index in [1.54, 1.807) is 60.7 Å². The molecule has 2 N–H and O–H groups in total. The summed E-state index contributed by atoms with van der Waals surface area (Å²) in [5.74, 6) is 1.01. The predicted molar refractivity (Wildman–Crippen MR) is 128 cm³/mol. The SMILES string of the molecule is COc1ccc(NC(=O)C(=Cc2ccc3c(c2)OCO3)NC(=O)c2ccccc2Cl)c(OC)c1. The van der Waals surface area contributed by atoms with Crippen LogP contribution in [0.3, 0.4) is 0 Å². The maximum Gasteiger partial charge on any atom is 0.272 e. The van der Waals surface area contributed by atoms with Gasteiger partial charge in [-0.25, -0.2) is 0 Å². The summed E-state index contributed by atoms with van der Waals surface area (Å²) in [6.07, 6.45) is 1.53. The molecular weight excluding hydrogens is 460 g/mol. The average molecular weight is 481 g/mol. The fraction of sp³-hybridized carbons (Fsp3) is 0.120. The number of amides is 2. The first-order chi connectivity index (χ1) is 16.5. The highest BCUT2D eigenvalue weighted by Gasteiger charge is 2.19. The van der Waals surface area contributed by atoms with Crippen molar-refractivity contribution in [1.29, 1.82) is 0 Å². The molecule has 174 valence electrons. The van der Waals surface area contributed by atoms with Gasteiger partial charge in [-0.1, -0.05) is 29.8 Å². The zero-order valence-electron chi connectivity index (χ0n) is 18.4. The average Bonchev–Trinajstić information content (AvgIpc) is 3.32. The van der Waals surface area contributed by atoms with Gasteiger partial charge in [-0.15, -0.1) is 0 Å². The van der Waals surface area contributed by atoms with Gasteiger partial charge in [0.25, 0.3) is 11.8 Å². The fourth-order valence-electron chi connectivity index (χ4n) is 3.25. The highest BCUT2D eigenvalue weighted by Crippen LogP contribution is 2.33. The van der Waals surface area contributed by atoms with E-state index in [-0.39, 0.29) is 23.1 Å². The topological polar surface area (TPSA) is 95.1 Å². The zero-order chi connectivity index (χ0) is 24.1. The summed E-state index contributed by atoms with van der Waals surface area (Å²) < 4.78 is 21.3. The number of nitrogens with one attached hydrogen (secondary N) is 2. The number of halogens is 1. The molecule has 4 rings (SSSR count). The number of ether oxygens (including phenoxy) is 4. The Morgan fingerprint density at radius 2 is 1.76 bits per heavy atom. The van der Waals surface area contributed by atoms with Crippen molar-refractivity contribution in [3.05, 3.63) is 82.5 Å². The molecule has 0 saturated heterocycles. The highest BCUT2D eigenvalue weighted by molar-refractivity contribution is 6.34. The minimum atomic E-state index is -0.568. The number of hydrogen-bond donors (Lipinski definition) is 2. The molecule has 2 amide bonds. The van der Waals surface area contributed by atoms with Crippen molar-refractivity contribution in [3.8, 4) is 23.0 Å². The number of rotatable bonds is 7. The number of methoxy groups -OCH3 is 2. The first-order valence-corrected chi connectivity index (χ1v) is 10.6. The molecule has 0 saturated carbocycles. The van der Waals surface area contributed by atoms with E-state index in [0.717, 1.165) is 0 Å². The number of carbonyl (C=O) groups is 2. The summed E-state index contributed by atoms with van der Waals surface area (Å²) in [5, 5.41) is 5.69. The Morgan fingerprint density at radius 1 is 0.971 bits per heavy atom. The second-order valence-electron chi connectivity index (χ2n) is 7.13. The Bertz CT molecular complexity index is 1270. The fourth-order valence-corrected chi connectivity index (χ4v) is 3.48. The number of fused-ring (bicyclic) bond motifs is 1. The van der Waals surface area contributed by atoms with Gasteiger partial charge in [0.05, 0.1) is 30.5 Å². The number of hydrogen-bond acceptors (Lipinski definition) is 6. The van der Waals surface area contributed by atoms with Crippen molar-refractivity contribution in [3.63, 3.8) is 0 Å². The molecule has 0 aliphatic carbocycles. The Hall–Kier alpha value is -4.17. The normalized spacial score (nSPS) is 12.1. The van der Waals surface area contributed by atoms with Gasteiger partial charge < -0.3 is 29.6 Å². The van der Waals surface area contributed by atoms with Crippen LogP contribution in [0.5, 0.6) is 23.0 Å². The van der Waals surface area contributed by atoms with Crippen molar-refractivity contribution in [1.82, 2.24) is 5.32 Å². The first kappa shape index (κ1) is 23.0. The molecule has 0 spiro atoms. The Labute approximate surface area is 201 Å². The minimum absolute atomic E-state index is 0.0124. The highest BCUT2D eigenvalue weighted by atomic mass is 35.5. The van der Waals surface area contributed by atoms with Gasteiger partial charge in [-0.2, -0.15) is 0 Å². The molecule has 0 bridgehead atoms. The summed E-state index contributed by atoms with van der Waals surface area (Å²) in [6.45, 7) is 0.121. The molecule has 8 nitrogen and oxygen atoms in total. The van der Waals surface area contributed by atoms with Crippen LogP contribution < -0.4 is 29.6 Å². The lowest BCUT2D eigenvalue weighted by Gasteiger charge is -2.14. The van der Waals surface area contributed by atoms with Crippen molar-refractivity contribution >= 4 is 35.2 Å². The van der Waals surface area contributed by atoms with E-state index < -0.39 is 11.8 Å². The molecule has 3 aromatic carbocycles. The third-order valence-electron chi connectivity index (χ3n) is 4.98. The first-order valence-electron chi connectivity index (χ1n) is 10.2. The Morgan fingerprint density at radius 3 is 2.53 bits per heavy atom. The maximum absolute atomic E-state index is 13.3. The molecule has 34 heavy (non-hydrogen) atoms. The Balaban J connectivity index is 1.66. The van der Waals surface area contributed by atoms with Crippen LogP contribution >= 0.6 is 11.6 Å². The van der Waals surface area contributed by atoms with E-state index in [9.17, 15) is 9.59 Å². The van der Waals surface area contributed by atoms with E-state index in [2.05, 4.69) is 10.6 Å². The number of benzene rings is 3. The van der Waals surface area contributed by atoms with E-state index in [1.165, 1.54) is 20.3 Å². The van der Waals surface area contributed by atoms with Crippen LogP contribution in [0.2, 0.25) is 5.02 Å².